The average Bonchev–Trinajstić information content (AvgIpc) is 2.56. The van der Waals surface area contributed by atoms with Gasteiger partial charge in [-0.1, -0.05) is 122 Å². The summed E-state index contributed by atoms with van der Waals surface area (Å²) in [5, 5.41) is 8.56. The van der Waals surface area contributed by atoms with Crippen LogP contribution in [0, 0.1) is 0 Å². The van der Waals surface area contributed by atoms with Crippen LogP contribution in [0.2, 0.25) is 0 Å². The predicted molar refractivity (Wildman–Crippen MR) is 111 cm³/mol. The van der Waals surface area contributed by atoms with Gasteiger partial charge in [0.2, 0.25) is 0 Å². The SMILES string of the molecule is CCCCCCCCCCCCCCCCCCCCCC(=O)O.[Mg+2]. The van der Waals surface area contributed by atoms with Crippen LogP contribution in [-0.2, 0) is 4.79 Å². The number of carboxylic acids is 1. The van der Waals surface area contributed by atoms with Gasteiger partial charge in [-0.2, -0.15) is 0 Å². The van der Waals surface area contributed by atoms with Crippen LogP contribution >= 0.6 is 0 Å². The molecule has 0 spiro atoms. The molecule has 0 aliphatic heterocycles. The fourth-order valence-electron chi connectivity index (χ4n) is 3.35. The Bertz CT molecular complexity index is 256. The Morgan fingerprint density at radius 1 is 0.520 bits per heavy atom. The van der Waals surface area contributed by atoms with Gasteiger partial charge in [-0.15, -0.1) is 0 Å². The predicted octanol–water partition coefficient (Wildman–Crippen LogP) is 7.51. The van der Waals surface area contributed by atoms with E-state index in [-0.39, 0.29) is 23.1 Å². The Labute approximate surface area is 174 Å². The number of aliphatic carboxylic acids is 1. The fourth-order valence-corrected chi connectivity index (χ4v) is 3.35. The van der Waals surface area contributed by atoms with Crippen LogP contribution in [0.3, 0.4) is 0 Å². The van der Waals surface area contributed by atoms with Crippen molar-refractivity contribution in [3.8, 4) is 0 Å². The van der Waals surface area contributed by atoms with E-state index in [2.05, 4.69) is 6.92 Å². The molecule has 0 rings (SSSR count). The summed E-state index contributed by atoms with van der Waals surface area (Å²) in [7, 11) is 0. The molecule has 0 aromatic heterocycles. The number of rotatable bonds is 20. The van der Waals surface area contributed by atoms with Crippen molar-refractivity contribution < 1.29 is 9.90 Å². The number of carbonyl (C=O) groups is 1. The van der Waals surface area contributed by atoms with Crippen LogP contribution < -0.4 is 0 Å². The zero-order valence-corrected chi connectivity index (χ0v) is 18.6. The largest absolute Gasteiger partial charge is 2.00 e. The molecule has 0 amide bonds. The van der Waals surface area contributed by atoms with Crippen LogP contribution in [0.5, 0.6) is 0 Å². The first-order valence-corrected chi connectivity index (χ1v) is 11.0. The molecule has 3 heteroatoms. The second kappa shape index (κ2) is 24.2. The Balaban J connectivity index is 0. The molecular formula is C22H44MgO2+2. The Hall–Kier alpha value is 0.236. The van der Waals surface area contributed by atoms with Crippen molar-refractivity contribution in [3.63, 3.8) is 0 Å². The minimum absolute atomic E-state index is 0. The minimum atomic E-state index is -0.651. The quantitative estimate of drug-likeness (QED) is 0.179. The molecule has 0 saturated carbocycles. The molecule has 144 valence electrons. The summed E-state index contributed by atoms with van der Waals surface area (Å²) >= 11 is 0. The third-order valence-corrected chi connectivity index (χ3v) is 4.99. The van der Waals surface area contributed by atoms with Gasteiger partial charge >= 0.3 is 29.0 Å². The molecule has 1 N–H and O–H groups in total. The molecule has 25 heavy (non-hydrogen) atoms. The van der Waals surface area contributed by atoms with E-state index in [0.717, 1.165) is 12.8 Å². The van der Waals surface area contributed by atoms with E-state index < -0.39 is 5.97 Å². The van der Waals surface area contributed by atoms with Gasteiger partial charge in [-0.25, -0.2) is 0 Å². The summed E-state index contributed by atoms with van der Waals surface area (Å²) in [5.74, 6) is -0.651. The van der Waals surface area contributed by atoms with Gasteiger partial charge < -0.3 is 5.11 Å². The van der Waals surface area contributed by atoms with E-state index in [0.29, 0.717) is 6.42 Å². The van der Waals surface area contributed by atoms with Crippen LogP contribution in [0.1, 0.15) is 135 Å². The summed E-state index contributed by atoms with van der Waals surface area (Å²) in [6, 6.07) is 0. The third kappa shape index (κ3) is 26.6. The molecule has 0 bridgehead atoms. The van der Waals surface area contributed by atoms with E-state index in [4.69, 9.17) is 5.11 Å². The van der Waals surface area contributed by atoms with Crippen molar-refractivity contribution in [2.75, 3.05) is 0 Å². The van der Waals surface area contributed by atoms with Gasteiger partial charge in [0.05, 0.1) is 0 Å². The standard InChI is InChI=1S/C22H44O2.Mg/c1-2-3-4-5-6-7-8-9-10-11-12-13-14-15-16-17-18-19-20-21-22(23)24;/h2-21H2,1H3,(H,23,24);/q;+2. The van der Waals surface area contributed by atoms with Crippen molar-refractivity contribution in [2.45, 2.75) is 135 Å². The zero-order valence-electron chi connectivity index (χ0n) is 17.2. The van der Waals surface area contributed by atoms with Crippen LogP contribution in [-0.4, -0.2) is 34.1 Å². The van der Waals surface area contributed by atoms with Gasteiger partial charge in [-0.3, -0.25) is 4.79 Å². The third-order valence-electron chi connectivity index (χ3n) is 4.99. The van der Waals surface area contributed by atoms with Crippen molar-refractivity contribution in [2.24, 2.45) is 0 Å². The first kappa shape index (κ1) is 27.5. The topological polar surface area (TPSA) is 37.3 Å². The number of carboxylic acid groups (broad SMARTS) is 1. The number of hydrogen-bond donors (Lipinski definition) is 1. The fraction of sp³-hybridized carbons (Fsp3) is 0.955. The molecule has 0 aliphatic carbocycles. The van der Waals surface area contributed by atoms with Crippen molar-refractivity contribution in [3.05, 3.63) is 0 Å². The Kier molecular flexibility index (Phi) is 26.6. The Morgan fingerprint density at radius 3 is 1.00 bits per heavy atom. The maximum absolute atomic E-state index is 10.4. The van der Waals surface area contributed by atoms with E-state index in [1.807, 2.05) is 0 Å². The minimum Gasteiger partial charge on any atom is -0.481 e. The van der Waals surface area contributed by atoms with Gasteiger partial charge in [0.1, 0.15) is 0 Å². The van der Waals surface area contributed by atoms with Gasteiger partial charge in [0.15, 0.2) is 0 Å². The van der Waals surface area contributed by atoms with E-state index in [1.165, 1.54) is 109 Å². The zero-order chi connectivity index (χ0) is 17.7. The summed E-state index contributed by atoms with van der Waals surface area (Å²) in [6.45, 7) is 2.28. The molecule has 0 aromatic rings. The molecule has 0 fully saturated rings. The molecular weight excluding hydrogens is 321 g/mol. The number of hydrogen-bond acceptors (Lipinski definition) is 1. The number of unbranched alkanes of at least 4 members (excludes halogenated alkanes) is 18. The van der Waals surface area contributed by atoms with Crippen LogP contribution in [0.15, 0.2) is 0 Å². The van der Waals surface area contributed by atoms with E-state index in [1.54, 1.807) is 0 Å². The molecule has 0 aromatic carbocycles. The molecule has 0 aliphatic rings. The van der Waals surface area contributed by atoms with Gasteiger partial charge in [0.25, 0.3) is 0 Å². The first-order valence-electron chi connectivity index (χ1n) is 11.0. The summed E-state index contributed by atoms with van der Waals surface area (Å²) < 4.78 is 0. The van der Waals surface area contributed by atoms with E-state index >= 15 is 0 Å². The first-order chi connectivity index (χ1) is 11.8. The van der Waals surface area contributed by atoms with Crippen molar-refractivity contribution >= 4 is 29.0 Å². The second-order valence-electron chi connectivity index (χ2n) is 7.51. The normalized spacial score (nSPS) is 10.6. The maximum Gasteiger partial charge on any atom is 2.00 e. The van der Waals surface area contributed by atoms with Crippen molar-refractivity contribution in [1.29, 1.82) is 0 Å². The van der Waals surface area contributed by atoms with Crippen molar-refractivity contribution in [1.82, 2.24) is 0 Å². The summed E-state index contributed by atoms with van der Waals surface area (Å²) in [4.78, 5) is 10.4. The van der Waals surface area contributed by atoms with E-state index in [9.17, 15) is 4.79 Å². The van der Waals surface area contributed by atoms with Gasteiger partial charge in [-0.05, 0) is 6.42 Å². The van der Waals surface area contributed by atoms with Crippen LogP contribution in [0.4, 0.5) is 0 Å². The molecule has 0 atom stereocenters. The smallest absolute Gasteiger partial charge is 0.481 e. The average molecular weight is 365 g/mol. The molecule has 0 unspecified atom stereocenters. The maximum atomic E-state index is 10.4. The summed E-state index contributed by atoms with van der Waals surface area (Å²) in [5.41, 5.74) is 0. The van der Waals surface area contributed by atoms with Crippen LogP contribution in [0.25, 0.3) is 0 Å². The molecule has 2 nitrogen and oxygen atoms in total. The second-order valence-corrected chi connectivity index (χ2v) is 7.51. The Morgan fingerprint density at radius 2 is 0.760 bits per heavy atom. The molecule has 0 radical (unpaired) electrons. The molecule has 0 heterocycles. The van der Waals surface area contributed by atoms with Gasteiger partial charge in [0, 0.05) is 6.42 Å². The molecule has 0 saturated heterocycles. The summed E-state index contributed by atoms with van der Waals surface area (Å²) in [6.07, 6.45) is 26.1. The monoisotopic (exact) mass is 364 g/mol.